The van der Waals surface area contributed by atoms with Gasteiger partial charge in [-0.3, -0.25) is 0 Å². The van der Waals surface area contributed by atoms with Crippen molar-refractivity contribution in [3.63, 3.8) is 0 Å². The number of likely N-dealkylation sites (tertiary alicyclic amines) is 1. The lowest BCUT2D eigenvalue weighted by atomic mass is 9.47. The van der Waals surface area contributed by atoms with E-state index in [2.05, 4.69) is 99.4 Å². The van der Waals surface area contributed by atoms with Crippen LogP contribution in [0.1, 0.15) is 208 Å². The normalized spacial score (nSPS) is 30.5. The number of halogens is 1. The second kappa shape index (κ2) is 30.4. The molecule has 5 aliphatic rings. The number of fused-ring (bicyclic) bond motifs is 5. The number of piperidine rings is 1. The quantitative estimate of drug-likeness (QED) is 0.0210. The van der Waals surface area contributed by atoms with Crippen molar-refractivity contribution in [3.05, 3.63) is 36.0 Å². The van der Waals surface area contributed by atoms with Crippen LogP contribution in [-0.2, 0) is 23.7 Å². The zero-order valence-corrected chi connectivity index (χ0v) is 45.4. The SMILES string of the molecule is CCCCC/C=C\C/C=C\CCCCCCCCOCOCC(CN1CCCCC1)OCCOCCO[C@H]1CC[C@@]2(C)C(=CC[C@@]3(I)[C@@H]4CC[C@H]([C@H](C)CCCC(C)C)[C@@]4(C)CC[C@@H]32)C1. The van der Waals surface area contributed by atoms with Gasteiger partial charge in [0, 0.05) is 16.6 Å². The third kappa shape index (κ3) is 17.8. The summed E-state index contributed by atoms with van der Waals surface area (Å²) >= 11 is 3.03. The maximum atomic E-state index is 6.54. The highest BCUT2D eigenvalue weighted by Crippen LogP contribution is 2.71. The van der Waals surface area contributed by atoms with Crippen molar-refractivity contribution in [3.8, 4) is 0 Å². The Bertz CT molecular complexity index is 1360. The summed E-state index contributed by atoms with van der Waals surface area (Å²) in [5.74, 6) is 4.26. The van der Waals surface area contributed by atoms with Gasteiger partial charge in [-0.1, -0.05) is 164 Å². The minimum Gasteiger partial charge on any atom is -0.377 e. The lowest BCUT2D eigenvalue weighted by molar-refractivity contribution is -0.105. The van der Waals surface area contributed by atoms with E-state index in [1.54, 1.807) is 5.57 Å². The molecule has 4 fully saturated rings. The van der Waals surface area contributed by atoms with Crippen molar-refractivity contribution in [2.45, 2.75) is 224 Å². The first-order chi connectivity index (χ1) is 31.6. The summed E-state index contributed by atoms with van der Waals surface area (Å²) in [7, 11) is 0. The molecular weight excluding hydrogens is 918 g/mol. The van der Waals surface area contributed by atoms with Gasteiger partial charge in [0.05, 0.1) is 45.2 Å². The van der Waals surface area contributed by atoms with Crippen LogP contribution in [0.3, 0.4) is 0 Å². The van der Waals surface area contributed by atoms with Gasteiger partial charge in [-0.2, -0.15) is 0 Å². The van der Waals surface area contributed by atoms with E-state index in [1.165, 1.54) is 148 Å². The molecule has 376 valence electrons. The molecule has 6 nitrogen and oxygen atoms in total. The third-order valence-electron chi connectivity index (χ3n) is 17.3. The third-order valence-corrected chi connectivity index (χ3v) is 19.2. The lowest BCUT2D eigenvalue weighted by Crippen LogP contribution is -2.58. The van der Waals surface area contributed by atoms with Crippen LogP contribution >= 0.6 is 22.6 Å². The first kappa shape index (κ1) is 55.6. The van der Waals surface area contributed by atoms with Crippen LogP contribution < -0.4 is 0 Å². The molecule has 0 aromatic heterocycles. The van der Waals surface area contributed by atoms with Gasteiger partial charge in [0.1, 0.15) is 6.79 Å². The second-order valence-electron chi connectivity index (χ2n) is 22.6. The zero-order valence-electron chi connectivity index (χ0n) is 43.3. The molecule has 1 aliphatic heterocycles. The minimum absolute atomic E-state index is 0.0381. The van der Waals surface area contributed by atoms with Crippen LogP contribution in [-0.4, -0.2) is 86.6 Å². The van der Waals surface area contributed by atoms with E-state index in [0.717, 1.165) is 75.1 Å². The van der Waals surface area contributed by atoms with Crippen molar-refractivity contribution in [2.75, 3.05) is 66.1 Å². The molecule has 0 bridgehead atoms. The predicted octanol–water partition coefficient (Wildman–Crippen LogP) is 15.7. The first-order valence-electron chi connectivity index (χ1n) is 28.0. The summed E-state index contributed by atoms with van der Waals surface area (Å²) in [5, 5.41) is 0. The van der Waals surface area contributed by atoms with Crippen molar-refractivity contribution < 1.29 is 23.7 Å². The van der Waals surface area contributed by atoms with E-state index in [4.69, 9.17) is 23.7 Å². The highest BCUT2D eigenvalue weighted by Gasteiger charge is 2.65. The summed E-state index contributed by atoms with van der Waals surface area (Å²) in [6.45, 7) is 22.4. The fraction of sp³-hybridized carbons (Fsp3) is 0.897. The topological polar surface area (TPSA) is 49.4 Å². The van der Waals surface area contributed by atoms with Crippen LogP contribution in [0.15, 0.2) is 36.0 Å². The molecule has 0 amide bonds. The van der Waals surface area contributed by atoms with E-state index in [-0.39, 0.29) is 6.10 Å². The first-order valence-corrected chi connectivity index (χ1v) is 29.0. The van der Waals surface area contributed by atoms with Crippen LogP contribution in [0.4, 0.5) is 0 Å². The van der Waals surface area contributed by atoms with Crippen molar-refractivity contribution in [1.29, 1.82) is 0 Å². The molecule has 4 aliphatic carbocycles. The molecule has 1 saturated heterocycles. The summed E-state index contributed by atoms with van der Waals surface area (Å²) in [4.78, 5) is 2.54. The number of rotatable bonds is 34. The molecular formula is C58H102INO5. The van der Waals surface area contributed by atoms with E-state index in [1.807, 2.05) is 0 Å². The van der Waals surface area contributed by atoms with Gasteiger partial charge in [-0.25, -0.2) is 0 Å². The number of hydrogen-bond acceptors (Lipinski definition) is 6. The Morgan fingerprint density at radius 1 is 0.723 bits per heavy atom. The number of allylic oxidation sites excluding steroid dienone is 5. The van der Waals surface area contributed by atoms with Gasteiger partial charge >= 0.3 is 0 Å². The molecule has 1 unspecified atom stereocenters. The summed E-state index contributed by atoms with van der Waals surface area (Å²) in [5.41, 5.74) is 2.56. The molecule has 3 saturated carbocycles. The number of unbranched alkanes of at least 4 members (excludes halogenated alkanes) is 9. The average molecular weight is 1020 g/mol. The van der Waals surface area contributed by atoms with Crippen molar-refractivity contribution in [1.82, 2.24) is 4.90 Å². The summed E-state index contributed by atoms with van der Waals surface area (Å²) in [6, 6.07) is 0. The smallest absolute Gasteiger partial charge is 0.146 e. The fourth-order valence-electron chi connectivity index (χ4n) is 13.5. The van der Waals surface area contributed by atoms with Gasteiger partial charge in [0.2, 0.25) is 0 Å². The van der Waals surface area contributed by atoms with E-state index in [0.29, 0.717) is 60.2 Å². The van der Waals surface area contributed by atoms with Gasteiger partial charge < -0.3 is 28.6 Å². The summed E-state index contributed by atoms with van der Waals surface area (Å²) in [6.07, 6.45) is 46.3. The van der Waals surface area contributed by atoms with Gasteiger partial charge in [-0.05, 0) is 156 Å². The lowest BCUT2D eigenvalue weighted by Gasteiger charge is -2.62. The number of alkyl halides is 1. The van der Waals surface area contributed by atoms with Crippen LogP contribution in [0.5, 0.6) is 0 Å². The van der Waals surface area contributed by atoms with Gasteiger partial charge in [0.15, 0.2) is 0 Å². The maximum absolute atomic E-state index is 6.54. The Morgan fingerprint density at radius 3 is 2.23 bits per heavy atom. The molecule has 9 atom stereocenters. The van der Waals surface area contributed by atoms with E-state index < -0.39 is 0 Å². The molecule has 5 rings (SSSR count). The molecule has 0 radical (unpaired) electrons. The molecule has 0 aromatic carbocycles. The van der Waals surface area contributed by atoms with Crippen LogP contribution in [0.25, 0.3) is 0 Å². The number of ether oxygens (including phenoxy) is 5. The molecule has 7 heteroatoms. The highest BCUT2D eigenvalue weighted by atomic mass is 127. The van der Waals surface area contributed by atoms with Gasteiger partial charge in [0.25, 0.3) is 0 Å². The molecule has 0 spiro atoms. The van der Waals surface area contributed by atoms with Crippen LogP contribution in [0, 0.1) is 40.4 Å². The Kier molecular flexibility index (Phi) is 26.1. The Hall–Kier alpha value is -0.290. The highest BCUT2D eigenvalue weighted by molar-refractivity contribution is 14.1. The zero-order chi connectivity index (χ0) is 46.2. The Balaban J connectivity index is 0.909. The maximum Gasteiger partial charge on any atom is 0.146 e. The molecule has 0 N–H and O–H groups in total. The average Bonchev–Trinajstić information content (AvgIpc) is 3.66. The van der Waals surface area contributed by atoms with Crippen LogP contribution in [0.2, 0.25) is 0 Å². The van der Waals surface area contributed by atoms with E-state index in [9.17, 15) is 0 Å². The van der Waals surface area contributed by atoms with Gasteiger partial charge in [-0.15, -0.1) is 0 Å². The molecule has 1 heterocycles. The fourth-order valence-corrected chi connectivity index (χ4v) is 15.8. The van der Waals surface area contributed by atoms with Crippen molar-refractivity contribution >= 4 is 22.6 Å². The molecule has 65 heavy (non-hydrogen) atoms. The van der Waals surface area contributed by atoms with Crippen molar-refractivity contribution in [2.24, 2.45) is 40.4 Å². The number of hydrogen-bond donors (Lipinski definition) is 0. The Labute approximate surface area is 415 Å². The van der Waals surface area contributed by atoms with E-state index >= 15 is 0 Å². The summed E-state index contributed by atoms with van der Waals surface area (Å²) < 4.78 is 31.3. The monoisotopic (exact) mass is 1020 g/mol. The standard InChI is InChI=1S/C58H102INO5/c1-7-8-9-10-11-12-13-14-15-16-17-18-19-20-21-25-39-62-47-63-46-52(45-60-37-23-22-24-38-60)65-43-41-61-40-42-64-51-32-34-56(5)50(44-51)31-36-58(59)54-30-29-53(49(4)28-26-27-48(2)3)57(54,6)35-33-55(56)58/h11-12,14-15,31,48-49,51-55H,7-10,13,16-30,32-47H2,1-6H3/b12-11-,15-14-/t49-,51+,52?,53-,54-,55-,56+,57-,58-/m1/s1. The Morgan fingerprint density at radius 2 is 1.46 bits per heavy atom. The second-order valence-corrected chi connectivity index (χ2v) is 24.6. The largest absolute Gasteiger partial charge is 0.377 e. The predicted molar refractivity (Wildman–Crippen MR) is 283 cm³/mol. The molecule has 0 aromatic rings. The minimum atomic E-state index is 0.0381. The number of nitrogens with zero attached hydrogens (tertiary/aromatic N) is 1.